The van der Waals surface area contributed by atoms with Crippen molar-refractivity contribution in [3.05, 3.63) is 28.5 Å². The molecule has 0 radical (unpaired) electrons. The lowest BCUT2D eigenvalue weighted by molar-refractivity contribution is 0.303. The number of methoxy groups -OCH3 is 1. The van der Waals surface area contributed by atoms with Crippen LogP contribution in [-0.4, -0.2) is 24.7 Å². The molecule has 1 aromatic heterocycles. The summed E-state index contributed by atoms with van der Waals surface area (Å²) in [5.41, 5.74) is 2.58. The van der Waals surface area contributed by atoms with Crippen molar-refractivity contribution in [1.82, 2.24) is 10.3 Å². The number of fused-ring (bicyclic) bond motifs is 1. The minimum absolute atomic E-state index is 0.496. The van der Waals surface area contributed by atoms with Crippen LogP contribution in [0.15, 0.2) is 22.9 Å². The molecule has 1 aliphatic carbocycles. The van der Waals surface area contributed by atoms with Gasteiger partial charge in [-0.25, -0.2) is 4.98 Å². The van der Waals surface area contributed by atoms with Gasteiger partial charge in [-0.3, -0.25) is 0 Å². The van der Waals surface area contributed by atoms with Crippen molar-refractivity contribution in [3.63, 3.8) is 0 Å². The Morgan fingerprint density at radius 2 is 2.32 bits per heavy atom. The number of rotatable bonds is 2. The Labute approximate surface area is 122 Å². The maximum absolute atomic E-state index is 5.36. The van der Waals surface area contributed by atoms with E-state index in [0.717, 1.165) is 22.8 Å². The summed E-state index contributed by atoms with van der Waals surface area (Å²) < 4.78 is 6.12. The van der Waals surface area contributed by atoms with Crippen LogP contribution in [0, 0.1) is 5.92 Å². The minimum Gasteiger partial charge on any atom is -0.494 e. The van der Waals surface area contributed by atoms with E-state index >= 15 is 0 Å². The normalized spacial score (nSPS) is 26.5. The van der Waals surface area contributed by atoms with E-state index in [1.165, 1.54) is 36.8 Å². The molecular weight excluding hydrogens is 304 g/mol. The highest BCUT2D eigenvalue weighted by molar-refractivity contribution is 9.10. The summed E-state index contributed by atoms with van der Waals surface area (Å²) in [6, 6.07) is 2.58. The van der Waals surface area contributed by atoms with Gasteiger partial charge in [-0.2, -0.15) is 0 Å². The van der Waals surface area contributed by atoms with Crippen molar-refractivity contribution >= 4 is 21.5 Å². The third kappa shape index (κ3) is 2.56. The minimum atomic E-state index is 0.496. The van der Waals surface area contributed by atoms with E-state index in [-0.39, 0.29) is 0 Å². The third-order valence-corrected chi connectivity index (χ3v) is 4.78. The van der Waals surface area contributed by atoms with E-state index in [9.17, 15) is 0 Å². The first-order valence-corrected chi connectivity index (χ1v) is 7.72. The number of hydrogen-bond donors (Lipinski definition) is 1. The fourth-order valence-corrected chi connectivity index (χ4v) is 3.61. The van der Waals surface area contributed by atoms with Gasteiger partial charge in [0.1, 0.15) is 4.60 Å². The molecule has 1 fully saturated rings. The van der Waals surface area contributed by atoms with Crippen LogP contribution in [0.25, 0.3) is 5.57 Å². The molecule has 4 heteroatoms. The number of nitrogens with zero attached hydrogens (tertiary/aromatic N) is 1. The molecule has 102 valence electrons. The van der Waals surface area contributed by atoms with Crippen molar-refractivity contribution < 1.29 is 4.74 Å². The predicted octanol–water partition coefficient (Wildman–Crippen LogP) is 3.40. The van der Waals surface area contributed by atoms with Crippen molar-refractivity contribution in [1.29, 1.82) is 0 Å². The van der Waals surface area contributed by atoms with Gasteiger partial charge in [0, 0.05) is 17.8 Å². The first-order chi connectivity index (χ1) is 9.29. The second kappa shape index (κ2) is 5.63. The zero-order valence-corrected chi connectivity index (χ0v) is 12.7. The highest BCUT2D eigenvalue weighted by Crippen LogP contribution is 2.37. The van der Waals surface area contributed by atoms with Gasteiger partial charge in [0.05, 0.1) is 7.11 Å². The van der Waals surface area contributed by atoms with E-state index in [0.29, 0.717) is 6.04 Å². The maximum Gasteiger partial charge on any atom is 0.152 e. The highest BCUT2D eigenvalue weighted by Gasteiger charge is 2.30. The predicted molar refractivity (Wildman–Crippen MR) is 80.2 cm³/mol. The number of aromatic nitrogens is 1. The third-order valence-electron chi connectivity index (χ3n) is 4.18. The average Bonchev–Trinajstić information content (AvgIpc) is 2.47. The van der Waals surface area contributed by atoms with Crippen molar-refractivity contribution in [2.24, 2.45) is 5.92 Å². The van der Waals surface area contributed by atoms with Crippen LogP contribution in [0.2, 0.25) is 0 Å². The molecule has 3 nitrogen and oxygen atoms in total. The second-order valence-corrected chi connectivity index (χ2v) is 6.04. The van der Waals surface area contributed by atoms with Gasteiger partial charge in [0.2, 0.25) is 0 Å². The topological polar surface area (TPSA) is 34.1 Å². The van der Waals surface area contributed by atoms with E-state index in [1.54, 1.807) is 7.11 Å². The summed E-state index contributed by atoms with van der Waals surface area (Å²) in [6.07, 6.45) is 9.44. The molecule has 0 unspecified atom stereocenters. The van der Waals surface area contributed by atoms with Gasteiger partial charge >= 0.3 is 0 Å². The van der Waals surface area contributed by atoms with Gasteiger partial charge in [-0.15, -0.1) is 0 Å². The maximum atomic E-state index is 5.36. The lowest BCUT2D eigenvalue weighted by atomic mass is 9.77. The Hall–Kier alpha value is -0.870. The van der Waals surface area contributed by atoms with Crippen molar-refractivity contribution in [2.45, 2.75) is 31.7 Å². The lowest BCUT2D eigenvalue weighted by Crippen LogP contribution is -2.43. The summed E-state index contributed by atoms with van der Waals surface area (Å²) in [7, 11) is 1.68. The number of halogens is 1. The molecule has 2 atom stereocenters. The molecule has 0 bridgehead atoms. The largest absolute Gasteiger partial charge is 0.494 e. The van der Waals surface area contributed by atoms with Crippen LogP contribution >= 0.6 is 15.9 Å². The monoisotopic (exact) mass is 322 g/mol. The average molecular weight is 323 g/mol. The summed E-state index contributed by atoms with van der Waals surface area (Å²) >= 11 is 3.41. The fraction of sp³-hybridized carbons (Fsp3) is 0.533. The number of ether oxygens (including phenoxy) is 1. The standard InChI is InChI=1S/C15H19BrN2O/c1-19-13-8-11(9-18-15(13)16)12-6-2-4-10-5-3-7-17-14(10)12/h6,8-10,14,17H,2-5,7H2,1H3/t10-,14+/m1/s1. The second-order valence-electron chi connectivity index (χ2n) is 5.29. The highest BCUT2D eigenvalue weighted by atomic mass is 79.9. The van der Waals surface area contributed by atoms with Gasteiger partial charge in [0.25, 0.3) is 0 Å². The van der Waals surface area contributed by atoms with E-state index < -0.39 is 0 Å². The van der Waals surface area contributed by atoms with Gasteiger partial charge in [-0.05, 0) is 65.7 Å². The number of hydrogen-bond acceptors (Lipinski definition) is 3. The Morgan fingerprint density at radius 1 is 1.42 bits per heavy atom. The lowest BCUT2D eigenvalue weighted by Gasteiger charge is -2.37. The molecule has 0 saturated carbocycles. The molecule has 1 aliphatic heterocycles. The van der Waals surface area contributed by atoms with Crippen LogP contribution in [0.1, 0.15) is 31.2 Å². The molecule has 1 saturated heterocycles. The van der Waals surface area contributed by atoms with Crippen LogP contribution in [0.3, 0.4) is 0 Å². The Balaban J connectivity index is 1.94. The molecule has 0 spiro atoms. The smallest absolute Gasteiger partial charge is 0.152 e. The van der Waals surface area contributed by atoms with E-state index in [2.05, 4.69) is 38.4 Å². The summed E-state index contributed by atoms with van der Waals surface area (Å²) in [5, 5.41) is 3.67. The zero-order chi connectivity index (χ0) is 13.2. The van der Waals surface area contributed by atoms with E-state index in [1.807, 2.05) is 6.20 Å². The zero-order valence-electron chi connectivity index (χ0n) is 11.2. The van der Waals surface area contributed by atoms with Gasteiger partial charge in [0.15, 0.2) is 5.75 Å². The SMILES string of the molecule is COc1cc(C2=CCC[C@@H]3CCCN[C@H]23)cnc1Br. The molecule has 0 aromatic carbocycles. The molecule has 0 amide bonds. The number of pyridine rings is 1. The molecule has 2 heterocycles. The molecule has 3 rings (SSSR count). The number of nitrogens with one attached hydrogen (secondary N) is 1. The van der Waals surface area contributed by atoms with E-state index in [4.69, 9.17) is 4.74 Å². The van der Waals surface area contributed by atoms with Gasteiger partial charge < -0.3 is 10.1 Å². The Kier molecular flexibility index (Phi) is 3.89. The number of piperidine rings is 1. The van der Waals surface area contributed by atoms with Crippen LogP contribution in [0.4, 0.5) is 0 Å². The van der Waals surface area contributed by atoms with Crippen LogP contribution in [-0.2, 0) is 0 Å². The molecule has 1 N–H and O–H groups in total. The summed E-state index contributed by atoms with van der Waals surface area (Å²) in [6.45, 7) is 1.12. The Bertz CT molecular complexity index is 501. The molecule has 19 heavy (non-hydrogen) atoms. The first kappa shape index (κ1) is 13.1. The molecule has 2 aliphatic rings. The Morgan fingerprint density at radius 3 is 3.16 bits per heavy atom. The summed E-state index contributed by atoms with van der Waals surface area (Å²) in [5.74, 6) is 1.58. The van der Waals surface area contributed by atoms with Crippen LogP contribution in [0.5, 0.6) is 5.75 Å². The van der Waals surface area contributed by atoms with Crippen molar-refractivity contribution in [2.75, 3.05) is 13.7 Å². The molecular formula is C15H19BrN2O. The number of allylic oxidation sites excluding steroid dienone is 1. The van der Waals surface area contributed by atoms with Crippen LogP contribution < -0.4 is 10.1 Å². The fourth-order valence-electron chi connectivity index (χ4n) is 3.24. The first-order valence-electron chi connectivity index (χ1n) is 6.93. The molecule has 1 aromatic rings. The van der Waals surface area contributed by atoms with Gasteiger partial charge in [-0.1, -0.05) is 6.08 Å². The summed E-state index contributed by atoms with van der Waals surface area (Å²) in [4.78, 5) is 4.39. The van der Waals surface area contributed by atoms with Crippen molar-refractivity contribution in [3.8, 4) is 5.75 Å². The quantitative estimate of drug-likeness (QED) is 0.847.